The lowest BCUT2D eigenvalue weighted by Crippen LogP contribution is -2.27. The fraction of sp³-hybridized carbons (Fsp3) is 0.385. The van der Waals surface area contributed by atoms with Gasteiger partial charge in [-0.15, -0.1) is 22.7 Å². The van der Waals surface area contributed by atoms with Crippen molar-refractivity contribution >= 4 is 22.7 Å². The highest BCUT2D eigenvalue weighted by atomic mass is 32.1. The maximum atomic E-state index is 2.36. The Kier molecular flexibility index (Phi) is 2.98. The first-order valence-corrected chi connectivity index (χ1v) is 6.99. The second-order valence-corrected chi connectivity index (χ2v) is 6.21. The van der Waals surface area contributed by atoms with E-state index in [1.807, 2.05) is 22.7 Å². The summed E-state index contributed by atoms with van der Waals surface area (Å²) in [5, 5.41) is 4.34. The van der Waals surface area contributed by atoms with E-state index in [0.29, 0.717) is 5.92 Å². The Morgan fingerprint density at radius 1 is 1.00 bits per heavy atom. The molecule has 0 atom stereocenters. The van der Waals surface area contributed by atoms with E-state index in [1.54, 1.807) is 0 Å². The lowest BCUT2D eigenvalue weighted by atomic mass is 9.76. The van der Waals surface area contributed by atoms with E-state index in [9.17, 15) is 0 Å². The minimum absolute atomic E-state index is 0.183. The van der Waals surface area contributed by atoms with E-state index >= 15 is 0 Å². The van der Waals surface area contributed by atoms with Gasteiger partial charge in [0.05, 0.1) is 0 Å². The highest BCUT2D eigenvalue weighted by Crippen LogP contribution is 2.42. The fourth-order valence-corrected chi connectivity index (χ4v) is 4.01. The summed E-state index contributed by atoms with van der Waals surface area (Å²) in [6.45, 7) is 6.97. The molecule has 0 saturated heterocycles. The van der Waals surface area contributed by atoms with Crippen LogP contribution in [0.15, 0.2) is 35.0 Å². The molecule has 80 valence electrons. The van der Waals surface area contributed by atoms with Crippen LogP contribution in [-0.2, 0) is 5.41 Å². The van der Waals surface area contributed by atoms with Gasteiger partial charge < -0.3 is 0 Å². The Labute approximate surface area is 99.6 Å². The molecule has 0 aliphatic rings. The Hall–Kier alpha value is -0.600. The first kappa shape index (κ1) is 10.9. The molecule has 0 nitrogen and oxygen atoms in total. The summed E-state index contributed by atoms with van der Waals surface area (Å²) in [4.78, 5) is 2.94. The standard InChI is InChI=1S/C13H16S2/c1-10(2)13(3,11-6-4-8-14-11)12-7-5-9-15-12/h4-10H,1-3H3. The molecular formula is C13H16S2. The quantitative estimate of drug-likeness (QED) is 0.720. The van der Waals surface area contributed by atoms with Crippen LogP contribution in [0.4, 0.5) is 0 Å². The average Bonchev–Trinajstić information content (AvgIpc) is 2.89. The zero-order valence-corrected chi connectivity index (χ0v) is 11.0. The van der Waals surface area contributed by atoms with Gasteiger partial charge in [0, 0.05) is 15.2 Å². The van der Waals surface area contributed by atoms with E-state index in [2.05, 4.69) is 55.8 Å². The molecule has 0 radical (unpaired) electrons. The van der Waals surface area contributed by atoms with Crippen molar-refractivity contribution in [3.05, 3.63) is 44.8 Å². The van der Waals surface area contributed by atoms with Gasteiger partial charge in [-0.3, -0.25) is 0 Å². The van der Waals surface area contributed by atoms with Crippen molar-refractivity contribution in [2.75, 3.05) is 0 Å². The monoisotopic (exact) mass is 236 g/mol. The normalized spacial score (nSPS) is 12.3. The van der Waals surface area contributed by atoms with Gasteiger partial charge in [-0.25, -0.2) is 0 Å². The third-order valence-corrected chi connectivity index (χ3v) is 5.44. The fourth-order valence-electron chi connectivity index (χ4n) is 1.84. The second-order valence-electron chi connectivity index (χ2n) is 4.31. The number of thiophene rings is 2. The predicted octanol–water partition coefficient (Wildman–Crippen LogP) is 4.77. The van der Waals surface area contributed by atoms with Crippen LogP contribution in [0.5, 0.6) is 0 Å². The van der Waals surface area contributed by atoms with Crippen LogP contribution in [0.25, 0.3) is 0 Å². The van der Waals surface area contributed by atoms with Crippen molar-refractivity contribution in [2.45, 2.75) is 26.2 Å². The molecule has 2 aromatic rings. The van der Waals surface area contributed by atoms with Gasteiger partial charge in [0.1, 0.15) is 0 Å². The number of rotatable bonds is 3. The van der Waals surface area contributed by atoms with E-state index in [0.717, 1.165) is 0 Å². The summed E-state index contributed by atoms with van der Waals surface area (Å²) >= 11 is 3.73. The van der Waals surface area contributed by atoms with E-state index in [1.165, 1.54) is 9.75 Å². The Balaban J connectivity index is 2.51. The van der Waals surface area contributed by atoms with Gasteiger partial charge in [-0.2, -0.15) is 0 Å². The molecule has 0 aromatic carbocycles. The van der Waals surface area contributed by atoms with E-state index in [-0.39, 0.29) is 5.41 Å². The van der Waals surface area contributed by atoms with Crippen LogP contribution in [0.2, 0.25) is 0 Å². The Morgan fingerprint density at radius 2 is 1.47 bits per heavy atom. The summed E-state index contributed by atoms with van der Waals surface area (Å²) in [6.07, 6.45) is 0. The van der Waals surface area contributed by atoms with Crippen LogP contribution in [0.1, 0.15) is 30.5 Å². The molecule has 0 saturated carbocycles. The third-order valence-electron chi connectivity index (χ3n) is 3.22. The summed E-state index contributed by atoms with van der Waals surface area (Å²) in [5.74, 6) is 0.620. The van der Waals surface area contributed by atoms with Crippen molar-refractivity contribution in [3.8, 4) is 0 Å². The zero-order chi connectivity index (χ0) is 10.9. The van der Waals surface area contributed by atoms with Crippen LogP contribution in [0, 0.1) is 5.92 Å². The molecule has 2 heterocycles. The van der Waals surface area contributed by atoms with Gasteiger partial charge >= 0.3 is 0 Å². The molecule has 2 aromatic heterocycles. The molecule has 0 amide bonds. The topological polar surface area (TPSA) is 0 Å². The minimum Gasteiger partial charge on any atom is -0.148 e. The lowest BCUT2D eigenvalue weighted by molar-refractivity contribution is 0.419. The SMILES string of the molecule is CC(C)C(C)(c1cccs1)c1cccs1. The third kappa shape index (κ3) is 1.77. The largest absolute Gasteiger partial charge is 0.148 e. The van der Waals surface area contributed by atoms with Crippen LogP contribution >= 0.6 is 22.7 Å². The number of hydrogen-bond donors (Lipinski definition) is 0. The van der Waals surface area contributed by atoms with Crippen LogP contribution < -0.4 is 0 Å². The average molecular weight is 236 g/mol. The molecule has 0 N–H and O–H groups in total. The molecule has 0 bridgehead atoms. The van der Waals surface area contributed by atoms with Crippen LogP contribution in [0.3, 0.4) is 0 Å². The molecule has 0 fully saturated rings. The van der Waals surface area contributed by atoms with Gasteiger partial charge in [0.15, 0.2) is 0 Å². The highest BCUT2D eigenvalue weighted by Gasteiger charge is 2.34. The molecule has 2 rings (SSSR count). The lowest BCUT2D eigenvalue weighted by Gasteiger charge is -2.32. The van der Waals surface area contributed by atoms with E-state index < -0.39 is 0 Å². The highest BCUT2D eigenvalue weighted by molar-refractivity contribution is 7.11. The molecular weight excluding hydrogens is 220 g/mol. The first-order chi connectivity index (χ1) is 7.15. The minimum atomic E-state index is 0.183. The molecule has 0 aliphatic heterocycles. The molecule has 2 heteroatoms. The molecule has 15 heavy (non-hydrogen) atoms. The predicted molar refractivity (Wildman–Crippen MR) is 69.9 cm³/mol. The van der Waals surface area contributed by atoms with Crippen molar-refractivity contribution in [2.24, 2.45) is 5.92 Å². The van der Waals surface area contributed by atoms with Gasteiger partial charge in [0.2, 0.25) is 0 Å². The van der Waals surface area contributed by atoms with Crippen molar-refractivity contribution in [1.29, 1.82) is 0 Å². The zero-order valence-electron chi connectivity index (χ0n) is 9.36. The molecule has 0 spiro atoms. The van der Waals surface area contributed by atoms with Gasteiger partial charge in [-0.05, 0) is 35.7 Å². The second kappa shape index (κ2) is 4.11. The number of hydrogen-bond acceptors (Lipinski definition) is 2. The first-order valence-electron chi connectivity index (χ1n) is 5.23. The summed E-state index contributed by atoms with van der Waals surface area (Å²) in [5.41, 5.74) is 0.183. The molecule has 0 aliphatic carbocycles. The maximum Gasteiger partial charge on any atom is 0.0385 e. The Bertz CT molecular complexity index is 361. The van der Waals surface area contributed by atoms with Crippen molar-refractivity contribution < 1.29 is 0 Å². The summed E-state index contributed by atoms with van der Waals surface area (Å²) in [6, 6.07) is 8.80. The van der Waals surface area contributed by atoms with E-state index in [4.69, 9.17) is 0 Å². The summed E-state index contributed by atoms with van der Waals surface area (Å²) in [7, 11) is 0. The Morgan fingerprint density at radius 3 is 1.73 bits per heavy atom. The summed E-state index contributed by atoms with van der Waals surface area (Å²) < 4.78 is 0. The van der Waals surface area contributed by atoms with Gasteiger partial charge in [0.25, 0.3) is 0 Å². The van der Waals surface area contributed by atoms with Crippen molar-refractivity contribution in [3.63, 3.8) is 0 Å². The maximum absolute atomic E-state index is 2.36. The van der Waals surface area contributed by atoms with Crippen molar-refractivity contribution in [1.82, 2.24) is 0 Å². The van der Waals surface area contributed by atoms with Crippen LogP contribution in [-0.4, -0.2) is 0 Å². The van der Waals surface area contributed by atoms with Gasteiger partial charge in [-0.1, -0.05) is 26.0 Å². The molecule has 0 unspecified atom stereocenters. The smallest absolute Gasteiger partial charge is 0.0385 e.